The number of aryl methyl sites for hydroxylation is 4. The van der Waals surface area contributed by atoms with Crippen LogP contribution in [0.5, 0.6) is 0 Å². The second-order valence-electron chi connectivity index (χ2n) is 15.9. The lowest BCUT2D eigenvalue weighted by molar-refractivity contribution is -0.0389. The molecule has 0 spiro atoms. The summed E-state index contributed by atoms with van der Waals surface area (Å²) in [7, 11) is 0. The van der Waals surface area contributed by atoms with Crippen molar-refractivity contribution in [2.75, 3.05) is 0 Å². The topological polar surface area (TPSA) is 26.0 Å². The van der Waals surface area contributed by atoms with Crippen molar-refractivity contribution < 1.29 is 4.39 Å². The number of benzene rings is 2. The summed E-state index contributed by atoms with van der Waals surface area (Å²) in [4.78, 5) is 0. The standard InChI is InChI=1S/C22H25F.C21H33N.C2H6/c1-6-16(3)18(5)21-17(4)10-12-20(22(21)23)13-11-19-9-7-8-15(2)14-19;1-14-5-9-20(4)16(11-14)6-10-21(22)17(20)7-8-19(3)13-15(2)12-18(19)21;1-2/h6-10,12,14,18H,1,3,11,13H2,2,4-5H3;5,9,11,14-15,17-18H,6-8,10,12-13,22H2,1-4H3;1-2H3/t18-;14?,15-,17?,18?,19?,20?,21?;/m01./s1. The molecule has 6 rings (SSSR count). The van der Waals surface area contributed by atoms with E-state index in [0.717, 1.165) is 40.5 Å². The van der Waals surface area contributed by atoms with Crippen molar-refractivity contribution in [1.82, 2.24) is 0 Å². The third kappa shape index (κ3) is 7.34. The van der Waals surface area contributed by atoms with E-state index in [4.69, 9.17) is 5.73 Å². The van der Waals surface area contributed by atoms with Gasteiger partial charge in [-0.25, -0.2) is 4.39 Å². The third-order valence-corrected chi connectivity index (χ3v) is 12.5. The Balaban J connectivity index is 0.000000202. The zero-order valence-corrected chi connectivity index (χ0v) is 31.2. The summed E-state index contributed by atoms with van der Waals surface area (Å²) in [6.45, 7) is 27.5. The summed E-state index contributed by atoms with van der Waals surface area (Å²) in [5.41, 5.74) is 15.6. The molecule has 0 heterocycles. The van der Waals surface area contributed by atoms with Crippen LogP contribution in [0.25, 0.3) is 0 Å². The highest BCUT2D eigenvalue weighted by atomic mass is 19.1. The van der Waals surface area contributed by atoms with Crippen LogP contribution in [0.3, 0.4) is 0 Å². The summed E-state index contributed by atoms with van der Waals surface area (Å²) in [6.07, 6.45) is 18.6. The van der Waals surface area contributed by atoms with Crippen LogP contribution in [-0.4, -0.2) is 5.54 Å². The molecule has 4 aliphatic rings. The van der Waals surface area contributed by atoms with Gasteiger partial charge in [0.2, 0.25) is 0 Å². The first-order valence-electron chi connectivity index (χ1n) is 18.6. The van der Waals surface area contributed by atoms with Crippen molar-refractivity contribution in [2.45, 2.75) is 125 Å². The fourth-order valence-electron chi connectivity index (χ4n) is 10.1. The van der Waals surface area contributed by atoms with Crippen LogP contribution in [0.2, 0.25) is 0 Å². The molecule has 8 atom stereocenters. The molecular formula is C45H64FN. The van der Waals surface area contributed by atoms with Gasteiger partial charge in [0.1, 0.15) is 5.82 Å². The molecule has 2 heteroatoms. The first kappa shape index (κ1) is 37.1. The Hall–Kier alpha value is -2.71. The molecular weight excluding hydrogens is 574 g/mol. The lowest BCUT2D eigenvalue weighted by Gasteiger charge is -2.62. The molecule has 0 aromatic heterocycles. The Morgan fingerprint density at radius 2 is 1.79 bits per heavy atom. The van der Waals surface area contributed by atoms with E-state index in [1.54, 1.807) is 11.6 Å². The van der Waals surface area contributed by atoms with Gasteiger partial charge in [0.25, 0.3) is 0 Å². The Bertz CT molecular complexity index is 1500. The average Bonchev–Trinajstić information content (AvgIpc) is 3.37. The minimum absolute atomic E-state index is 0.0496. The van der Waals surface area contributed by atoms with Crippen molar-refractivity contribution in [3.8, 4) is 0 Å². The van der Waals surface area contributed by atoms with Crippen LogP contribution < -0.4 is 5.73 Å². The molecule has 2 aromatic carbocycles. The first-order valence-corrected chi connectivity index (χ1v) is 18.6. The smallest absolute Gasteiger partial charge is 0.130 e. The van der Waals surface area contributed by atoms with E-state index in [9.17, 15) is 4.39 Å². The Morgan fingerprint density at radius 3 is 2.47 bits per heavy atom. The number of nitrogens with two attached hydrogens (primary N) is 1. The second-order valence-corrected chi connectivity index (χ2v) is 15.9. The van der Waals surface area contributed by atoms with Crippen molar-refractivity contribution in [3.63, 3.8) is 0 Å². The van der Waals surface area contributed by atoms with Gasteiger partial charge >= 0.3 is 0 Å². The minimum Gasteiger partial charge on any atom is -0.325 e. The molecule has 1 nitrogen and oxygen atoms in total. The molecule has 0 bridgehead atoms. The van der Waals surface area contributed by atoms with E-state index in [1.165, 1.54) is 49.7 Å². The lowest BCUT2D eigenvalue weighted by atomic mass is 9.45. The van der Waals surface area contributed by atoms with E-state index < -0.39 is 0 Å². The van der Waals surface area contributed by atoms with Gasteiger partial charge in [-0.15, -0.1) is 0 Å². The largest absolute Gasteiger partial charge is 0.325 e. The highest BCUT2D eigenvalue weighted by molar-refractivity contribution is 5.41. The highest BCUT2D eigenvalue weighted by Gasteiger charge is 2.62. The number of allylic oxidation sites excluding steroid dienone is 6. The number of hydrogen-bond acceptors (Lipinski definition) is 1. The average molecular weight is 638 g/mol. The number of hydrogen-bond donors (Lipinski definition) is 1. The molecule has 3 fully saturated rings. The molecule has 2 N–H and O–H groups in total. The molecule has 0 radical (unpaired) electrons. The van der Waals surface area contributed by atoms with E-state index in [0.29, 0.717) is 23.7 Å². The normalized spacial score (nSPS) is 32.6. The summed E-state index contributed by atoms with van der Waals surface area (Å²) < 4.78 is 15.0. The predicted molar refractivity (Wildman–Crippen MR) is 202 cm³/mol. The third-order valence-electron chi connectivity index (χ3n) is 12.5. The predicted octanol–water partition coefficient (Wildman–Crippen LogP) is 12.2. The molecule has 0 amide bonds. The monoisotopic (exact) mass is 638 g/mol. The van der Waals surface area contributed by atoms with Crippen molar-refractivity contribution in [3.05, 3.63) is 119 Å². The van der Waals surface area contributed by atoms with Gasteiger partial charge in [0.05, 0.1) is 0 Å². The van der Waals surface area contributed by atoms with Crippen LogP contribution in [-0.2, 0) is 12.8 Å². The van der Waals surface area contributed by atoms with Gasteiger partial charge in [-0.3, -0.25) is 0 Å². The van der Waals surface area contributed by atoms with E-state index >= 15 is 0 Å². The molecule has 6 unspecified atom stereocenters. The molecule has 0 saturated heterocycles. The van der Waals surface area contributed by atoms with Gasteiger partial charge in [0, 0.05) is 16.9 Å². The summed E-state index contributed by atoms with van der Waals surface area (Å²) in [5.74, 6) is 2.71. The Kier molecular flexibility index (Phi) is 11.7. The van der Waals surface area contributed by atoms with Gasteiger partial charge in [-0.05, 0) is 122 Å². The van der Waals surface area contributed by atoms with Gasteiger partial charge in [-0.2, -0.15) is 0 Å². The molecule has 0 aliphatic heterocycles. The maximum absolute atomic E-state index is 15.0. The van der Waals surface area contributed by atoms with Gasteiger partial charge in [0.15, 0.2) is 0 Å². The van der Waals surface area contributed by atoms with Gasteiger partial charge < -0.3 is 5.73 Å². The van der Waals surface area contributed by atoms with E-state index in [2.05, 4.69) is 90.3 Å². The summed E-state index contributed by atoms with van der Waals surface area (Å²) in [5, 5.41) is 0. The number of rotatable bonds is 6. The zero-order valence-electron chi connectivity index (χ0n) is 31.2. The fourth-order valence-corrected chi connectivity index (χ4v) is 10.1. The molecule has 2 aromatic rings. The molecule has 4 aliphatic carbocycles. The Labute approximate surface area is 287 Å². The minimum atomic E-state index is -0.0897. The van der Waals surface area contributed by atoms with Crippen LogP contribution in [0, 0.1) is 54.2 Å². The van der Waals surface area contributed by atoms with E-state index in [-0.39, 0.29) is 22.7 Å². The summed E-state index contributed by atoms with van der Waals surface area (Å²) >= 11 is 0. The van der Waals surface area contributed by atoms with Crippen LogP contribution in [0.1, 0.15) is 121 Å². The number of halogens is 1. The second kappa shape index (κ2) is 14.8. The lowest BCUT2D eigenvalue weighted by Crippen LogP contribution is -2.65. The SMILES string of the molecule is C=CC(=C)[C@H](C)c1c(C)ccc(CCc2cccc(C)c2)c1F.CC.CC1C=CC2(C)C(=C1)CCC1(N)C3C[C@@H](C)CC3(C)CCC21. The quantitative estimate of drug-likeness (QED) is 0.247. The maximum atomic E-state index is 15.0. The van der Waals surface area contributed by atoms with Crippen LogP contribution in [0.15, 0.2) is 85.0 Å². The van der Waals surface area contributed by atoms with Crippen molar-refractivity contribution >= 4 is 0 Å². The van der Waals surface area contributed by atoms with Crippen molar-refractivity contribution in [1.29, 1.82) is 0 Å². The first-order chi connectivity index (χ1) is 22.2. The highest BCUT2D eigenvalue weighted by Crippen LogP contribution is 2.66. The molecule has 256 valence electrons. The fraction of sp³-hybridized carbons (Fsp3) is 0.556. The van der Waals surface area contributed by atoms with Crippen LogP contribution in [0.4, 0.5) is 4.39 Å². The molecule has 3 saturated carbocycles. The maximum Gasteiger partial charge on any atom is 0.130 e. The molecule has 47 heavy (non-hydrogen) atoms. The van der Waals surface area contributed by atoms with Gasteiger partial charge in [-0.1, -0.05) is 133 Å². The van der Waals surface area contributed by atoms with Crippen LogP contribution >= 0.6 is 0 Å². The van der Waals surface area contributed by atoms with E-state index in [1.807, 2.05) is 39.8 Å². The summed E-state index contributed by atoms with van der Waals surface area (Å²) in [6, 6.07) is 12.3. The zero-order chi connectivity index (χ0) is 34.7. The number of fused-ring (bicyclic) bond motifs is 5. The Morgan fingerprint density at radius 1 is 1.06 bits per heavy atom. The van der Waals surface area contributed by atoms with Crippen molar-refractivity contribution in [2.24, 2.45) is 40.2 Å².